The summed E-state index contributed by atoms with van der Waals surface area (Å²) in [5, 5.41) is 3.68. The van der Waals surface area contributed by atoms with Crippen molar-refractivity contribution >= 4 is 11.6 Å². The molecule has 0 aliphatic heterocycles. The van der Waals surface area contributed by atoms with Crippen LogP contribution in [-0.4, -0.2) is 23.9 Å². The van der Waals surface area contributed by atoms with Gasteiger partial charge in [0.25, 0.3) is 0 Å². The van der Waals surface area contributed by atoms with Crippen molar-refractivity contribution < 1.29 is 4.79 Å². The highest BCUT2D eigenvalue weighted by Gasteiger charge is 2.23. The van der Waals surface area contributed by atoms with Crippen molar-refractivity contribution in [2.45, 2.75) is 52.1 Å². The molecule has 1 aromatic carbocycles. The van der Waals surface area contributed by atoms with Gasteiger partial charge in [-0.05, 0) is 36.8 Å². The van der Waals surface area contributed by atoms with Gasteiger partial charge in [-0.1, -0.05) is 31.5 Å². The Morgan fingerprint density at radius 1 is 1.35 bits per heavy atom. The Balaban J connectivity index is 2.02. The summed E-state index contributed by atoms with van der Waals surface area (Å²) < 4.78 is 0. The molecular formula is C17H26N2O. The number of nitrogens with zero attached hydrogens (tertiary/aromatic N) is 1. The lowest BCUT2D eigenvalue weighted by atomic mass is 10.1. The quantitative estimate of drug-likeness (QED) is 0.888. The summed E-state index contributed by atoms with van der Waals surface area (Å²) in [5.74, 6) is 0.978. The van der Waals surface area contributed by atoms with Crippen LogP contribution < -0.4 is 5.32 Å². The van der Waals surface area contributed by atoms with Crippen LogP contribution in [0, 0.1) is 5.92 Å². The van der Waals surface area contributed by atoms with Crippen molar-refractivity contribution in [3.8, 4) is 0 Å². The number of hydrogen-bond donors (Lipinski definition) is 1. The minimum absolute atomic E-state index is 0.103. The molecule has 2 unspecified atom stereocenters. The van der Waals surface area contributed by atoms with Gasteiger partial charge in [-0.25, -0.2) is 0 Å². The lowest BCUT2D eigenvalue weighted by molar-refractivity contribution is -0.128. The third-order valence-corrected chi connectivity index (χ3v) is 4.44. The summed E-state index contributed by atoms with van der Waals surface area (Å²) in [6, 6.07) is 8.92. The molecule has 2 rings (SSSR count). The molecule has 1 fully saturated rings. The maximum absolute atomic E-state index is 11.4. The highest BCUT2D eigenvalue weighted by atomic mass is 16.2. The summed E-state index contributed by atoms with van der Waals surface area (Å²) in [4.78, 5) is 13.1. The first-order chi connectivity index (χ1) is 9.60. The molecule has 0 bridgehead atoms. The van der Waals surface area contributed by atoms with Gasteiger partial charge >= 0.3 is 0 Å². The summed E-state index contributed by atoms with van der Waals surface area (Å²) in [5.41, 5.74) is 2.38. The molecule has 0 aromatic heterocycles. The number of rotatable bonds is 5. The molecule has 0 saturated heterocycles. The number of nitrogens with one attached hydrogen (secondary N) is 1. The highest BCUT2D eigenvalue weighted by molar-refractivity contribution is 5.73. The molecule has 1 aliphatic carbocycles. The van der Waals surface area contributed by atoms with Crippen LogP contribution in [0.4, 0.5) is 5.69 Å². The topological polar surface area (TPSA) is 32.3 Å². The SMILES string of the molecule is CCC1CCC(Nc2ccccc2CN(C)C(C)=O)C1. The fraction of sp³-hybridized carbons (Fsp3) is 0.588. The van der Waals surface area contributed by atoms with Crippen LogP contribution in [0.5, 0.6) is 0 Å². The van der Waals surface area contributed by atoms with Gasteiger partial charge in [-0.3, -0.25) is 4.79 Å². The average Bonchev–Trinajstić information content (AvgIpc) is 2.88. The monoisotopic (exact) mass is 274 g/mol. The Hall–Kier alpha value is -1.51. The molecule has 0 heterocycles. The van der Waals surface area contributed by atoms with Gasteiger partial charge in [-0.2, -0.15) is 0 Å². The Morgan fingerprint density at radius 3 is 2.75 bits per heavy atom. The molecule has 1 aromatic rings. The van der Waals surface area contributed by atoms with Gasteiger partial charge in [0.15, 0.2) is 0 Å². The number of carbonyl (C=O) groups excluding carboxylic acids is 1. The molecule has 0 spiro atoms. The lowest BCUT2D eigenvalue weighted by Gasteiger charge is -2.21. The smallest absolute Gasteiger partial charge is 0.219 e. The van der Waals surface area contributed by atoms with Crippen LogP contribution in [0.1, 0.15) is 45.1 Å². The van der Waals surface area contributed by atoms with E-state index in [2.05, 4.69) is 30.4 Å². The fourth-order valence-electron chi connectivity index (χ4n) is 2.96. The molecule has 3 nitrogen and oxygen atoms in total. The number of anilines is 1. The van der Waals surface area contributed by atoms with Crippen molar-refractivity contribution in [3.05, 3.63) is 29.8 Å². The average molecular weight is 274 g/mol. The van der Waals surface area contributed by atoms with E-state index in [0.29, 0.717) is 12.6 Å². The Labute approximate surface area is 122 Å². The van der Waals surface area contributed by atoms with Gasteiger partial charge in [-0.15, -0.1) is 0 Å². The zero-order chi connectivity index (χ0) is 14.5. The number of amides is 1. The maximum atomic E-state index is 11.4. The van der Waals surface area contributed by atoms with Crippen molar-refractivity contribution in [3.63, 3.8) is 0 Å². The van der Waals surface area contributed by atoms with Crippen molar-refractivity contribution in [2.24, 2.45) is 5.92 Å². The third-order valence-electron chi connectivity index (χ3n) is 4.44. The number of hydrogen-bond acceptors (Lipinski definition) is 2. The van der Waals surface area contributed by atoms with Gasteiger partial charge in [0.1, 0.15) is 0 Å². The summed E-state index contributed by atoms with van der Waals surface area (Å²) in [6.45, 7) is 4.56. The number of benzene rings is 1. The van der Waals surface area contributed by atoms with Crippen LogP contribution in [0.15, 0.2) is 24.3 Å². The second-order valence-corrected chi connectivity index (χ2v) is 5.96. The van der Waals surface area contributed by atoms with E-state index in [9.17, 15) is 4.79 Å². The van der Waals surface area contributed by atoms with E-state index in [1.165, 1.54) is 36.9 Å². The van der Waals surface area contributed by atoms with E-state index in [0.717, 1.165) is 5.92 Å². The number of carbonyl (C=O) groups is 1. The Kier molecular flexibility index (Phi) is 5.05. The molecular weight excluding hydrogens is 248 g/mol. The van der Waals surface area contributed by atoms with Crippen LogP contribution in [0.2, 0.25) is 0 Å². The van der Waals surface area contributed by atoms with Crippen molar-refractivity contribution in [1.82, 2.24) is 4.90 Å². The summed E-state index contributed by atoms with van der Waals surface area (Å²) in [7, 11) is 1.85. The molecule has 1 aliphatic rings. The van der Waals surface area contributed by atoms with Crippen LogP contribution in [-0.2, 0) is 11.3 Å². The molecule has 2 atom stereocenters. The van der Waals surface area contributed by atoms with Gasteiger partial charge < -0.3 is 10.2 Å². The lowest BCUT2D eigenvalue weighted by Crippen LogP contribution is -2.24. The van der Waals surface area contributed by atoms with E-state index >= 15 is 0 Å². The molecule has 20 heavy (non-hydrogen) atoms. The van der Waals surface area contributed by atoms with Crippen LogP contribution in [0.3, 0.4) is 0 Å². The van der Waals surface area contributed by atoms with E-state index in [1.54, 1.807) is 11.8 Å². The molecule has 1 amide bonds. The zero-order valence-corrected chi connectivity index (χ0v) is 12.9. The first-order valence-corrected chi connectivity index (χ1v) is 7.66. The first kappa shape index (κ1) is 14.9. The molecule has 3 heteroatoms. The van der Waals surface area contributed by atoms with E-state index in [-0.39, 0.29) is 5.91 Å². The van der Waals surface area contributed by atoms with E-state index < -0.39 is 0 Å². The minimum atomic E-state index is 0.103. The maximum Gasteiger partial charge on any atom is 0.219 e. The predicted molar refractivity (Wildman–Crippen MR) is 83.6 cm³/mol. The second-order valence-electron chi connectivity index (χ2n) is 5.96. The summed E-state index contributed by atoms with van der Waals surface area (Å²) >= 11 is 0. The standard InChI is InChI=1S/C17H26N2O/c1-4-14-9-10-16(11-14)18-17-8-6-5-7-15(17)12-19(3)13(2)20/h5-8,14,16,18H,4,9-12H2,1-3H3. The highest BCUT2D eigenvalue weighted by Crippen LogP contribution is 2.31. The largest absolute Gasteiger partial charge is 0.382 e. The van der Waals surface area contributed by atoms with Gasteiger partial charge in [0, 0.05) is 32.2 Å². The zero-order valence-electron chi connectivity index (χ0n) is 12.9. The molecule has 1 N–H and O–H groups in total. The summed E-state index contributed by atoms with van der Waals surface area (Å²) in [6.07, 6.45) is 5.15. The Morgan fingerprint density at radius 2 is 2.10 bits per heavy atom. The molecule has 110 valence electrons. The van der Waals surface area contributed by atoms with Crippen LogP contribution >= 0.6 is 0 Å². The fourth-order valence-corrected chi connectivity index (χ4v) is 2.96. The van der Waals surface area contributed by atoms with Crippen molar-refractivity contribution in [2.75, 3.05) is 12.4 Å². The van der Waals surface area contributed by atoms with Gasteiger partial charge in [0.05, 0.1) is 0 Å². The van der Waals surface area contributed by atoms with Gasteiger partial charge in [0.2, 0.25) is 5.91 Å². The normalized spacial score (nSPS) is 21.8. The molecule has 0 radical (unpaired) electrons. The van der Waals surface area contributed by atoms with E-state index in [4.69, 9.17) is 0 Å². The molecule has 1 saturated carbocycles. The Bertz CT molecular complexity index is 458. The first-order valence-electron chi connectivity index (χ1n) is 7.66. The third kappa shape index (κ3) is 3.75. The number of para-hydroxylation sites is 1. The second kappa shape index (κ2) is 6.78. The minimum Gasteiger partial charge on any atom is -0.382 e. The predicted octanol–water partition coefficient (Wildman–Crippen LogP) is 3.66. The van der Waals surface area contributed by atoms with Crippen LogP contribution in [0.25, 0.3) is 0 Å². The van der Waals surface area contributed by atoms with Crippen molar-refractivity contribution in [1.29, 1.82) is 0 Å². The van der Waals surface area contributed by atoms with E-state index in [1.807, 2.05) is 13.1 Å².